The largest absolute Gasteiger partial charge is 0.491 e. The number of pyridine rings is 1. The number of nitrogens with zero attached hydrogens (tertiary/aromatic N) is 1. The Hall–Kier alpha value is -2.53. The van der Waals surface area contributed by atoms with E-state index in [1.807, 2.05) is 65.0 Å². The molecule has 0 N–H and O–H groups in total. The summed E-state index contributed by atoms with van der Waals surface area (Å²) >= 11 is 1.50. The lowest BCUT2D eigenvalue weighted by atomic mass is 10.0. The Morgan fingerprint density at radius 2 is 1.86 bits per heavy atom. The summed E-state index contributed by atoms with van der Waals surface area (Å²) in [5, 5.41) is 1.02. The molecule has 0 bridgehead atoms. The Bertz CT molecular complexity index is 1010. The zero-order chi connectivity index (χ0) is 21.0. The second-order valence-electron chi connectivity index (χ2n) is 7.57. The number of rotatable bonds is 7. The normalized spacial score (nSPS) is 11.7. The SMILES string of the molecule is CCOC(=O)C(C)(C)Sc1ccnc2ccc(-c3cccc(OC(C)C)c3)cc12. The van der Waals surface area contributed by atoms with E-state index < -0.39 is 4.75 Å². The molecule has 0 unspecified atom stereocenters. The van der Waals surface area contributed by atoms with E-state index in [2.05, 4.69) is 23.2 Å². The van der Waals surface area contributed by atoms with Gasteiger partial charge in [0.05, 0.1) is 18.2 Å². The van der Waals surface area contributed by atoms with Crippen LogP contribution in [-0.4, -0.2) is 28.4 Å². The molecular weight excluding hydrogens is 382 g/mol. The van der Waals surface area contributed by atoms with E-state index in [1.54, 1.807) is 6.20 Å². The summed E-state index contributed by atoms with van der Waals surface area (Å²) in [7, 11) is 0. The Balaban J connectivity index is 1.99. The number of benzene rings is 2. The molecule has 0 aliphatic rings. The van der Waals surface area contributed by atoms with Gasteiger partial charge in [0.15, 0.2) is 0 Å². The molecule has 152 valence electrons. The monoisotopic (exact) mass is 409 g/mol. The van der Waals surface area contributed by atoms with Crippen LogP contribution in [0.15, 0.2) is 59.6 Å². The standard InChI is InChI=1S/C24H27NO3S/c1-6-27-23(26)24(4,5)29-22-12-13-25-21-11-10-18(15-20(21)22)17-8-7-9-19(14-17)28-16(2)3/h7-16H,6H2,1-5H3. The van der Waals surface area contributed by atoms with Crippen LogP contribution in [0.25, 0.3) is 22.0 Å². The van der Waals surface area contributed by atoms with Crippen LogP contribution in [-0.2, 0) is 9.53 Å². The quantitative estimate of drug-likeness (QED) is 0.347. The predicted molar refractivity (Wildman–Crippen MR) is 120 cm³/mol. The highest BCUT2D eigenvalue weighted by Crippen LogP contribution is 2.38. The van der Waals surface area contributed by atoms with Crippen molar-refractivity contribution >= 4 is 28.6 Å². The number of fused-ring (bicyclic) bond motifs is 1. The van der Waals surface area contributed by atoms with Crippen LogP contribution in [0.4, 0.5) is 0 Å². The lowest BCUT2D eigenvalue weighted by Gasteiger charge is -2.22. The van der Waals surface area contributed by atoms with Crippen molar-refractivity contribution in [2.45, 2.75) is 50.4 Å². The molecule has 0 saturated carbocycles. The summed E-state index contributed by atoms with van der Waals surface area (Å²) in [6.07, 6.45) is 1.90. The Morgan fingerprint density at radius 3 is 2.59 bits per heavy atom. The van der Waals surface area contributed by atoms with Crippen LogP contribution in [0.2, 0.25) is 0 Å². The molecular formula is C24H27NO3S. The Morgan fingerprint density at radius 1 is 1.10 bits per heavy atom. The van der Waals surface area contributed by atoms with Crippen molar-refractivity contribution in [1.82, 2.24) is 4.98 Å². The number of aromatic nitrogens is 1. The minimum Gasteiger partial charge on any atom is -0.491 e. The lowest BCUT2D eigenvalue weighted by molar-refractivity contribution is -0.145. The maximum Gasteiger partial charge on any atom is 0.321 e. The molecule has 3 rings (SSSR count). The Labute approximate surface area is 176 Å². The highest BCUT2D eigenvalue weighted by molar-refractivity contribution is 8.01. The first-order chi connectivity index (χ1) is 13.8. The first-order valence-corrected chi connectivity index (χ1v) is 10.6. The number of esters is 1. The van der Waals surface area contributed by atoms with Gasteiger partial charge in [-0.25, -0.2) is 0 Å². The second kappa shape index (κ2) is 8.87. The van der Waals surface area contributed by atoms with Crippen LogP contribution in [0.3, 0.4) is 0 Å². The van der Waals surface area contributed by atoms with Crippen molar-refractivity contribution in [3.8, 4) is 16.9 Å². The van der Waals surface area contributed by atoms with Gasteiger partial charge >= 0.3 is 5.97 Å². The lowest BCUT2D eigenvalue weighted by Crippen LogP contribution is -2.29. The van der Waals surface area contributed by atoms with E-state index in [-0.39, 0.29) is 12.1 Å². The third-order valence-corrected chi connectivity index (χ3v) is 5.63. The van der Waals surface area contributed by atoms with Crippen molar-refractivity contribution < 1.29 is 14.3 Å². The van der Waals surface area contributed by atoms with Crippen LogP contribution >= 0.6 is 11.8 Å². The molecule has 0 radical (unpaired) electrons. The average Bonchev–Trinajstić information content (AvgIpc) is 2.67. The summed E-state index contributed by atoms with van der Waals surface area (Å²) in [4.78, 5) is 17.8. The van der Waals surface area contributed by atoms with Crippen LogP contribution < -0.4 is 4.74 Å². The molecule has 4 nitrogen and oxygen atoms in total. The first kappa shape index (κ1) is 21.2. The Kier molecular flexibility index (Phi) is 6.48. The molecule has 0 saturated heterocycles. The molecule has 3 aromatic rings. The first-order valence-electron chi connectivity index (χ1n) is 9.82. The smallest absolute Gasteiger partial charge is 0.321 e. The zero-order valence-corrected chi connectivity index (χ0v) is 18.4. The van der Waals surface area contributed by atoms with Gasteiger partial charge in [-0.1, -0.05) is 18.2 Å². The molecule has 0 amide bonds. The van der Waals surface area contributed by atoms with E-state index in [0.717, 1.165) is 32.7 Å². The van der Waals surface area contributed by atoms with Gasteiger partial charge in [0.1, 0.15) is 10.5 Å². The molecule has 0 spiro atoms. The summed E-state index contributed by atoms with van der Waals surface area (Å²) in [6, 6.07) is 16.2. The van der Waals surface area contributed by atoms with Gasteiger partial charge in [-0.2, -0.15) is 0 Å². The summed E-state index contributed by atoms with van der Waals surface area (Å²) in [5.41, 5.74) is 3.05. The average molecular weight is 410 g/mol. The van der Waals surface area contributed by atoms with Gasteiger partial charge in [-0.3, -0.25) is 9.78 Å². The van der Waals surface area contributed by atoms with Crippen LogP contribution in [0.1, 0.15) is 34.6 Å². The van der Waals surface area contributed by atoms with E-state index in [1.165, 1.54) is 11.8 Å². The number of thioether (sulfide) groups is 1. The number of hydrogen-bond acceptors (Lipinski definition) is 5. The van der Waals surface area contributed by atoms with Gasteiger partial charge in [0.2, 0.25) is 0 Å². The fraction of sp³-hybridized carbons (Fsp3) is 0.333. The van der Waals surface area contributed by atoms with Crippen LogP contribution in [0.5, 0.6) is 5.75 Å². The van der Waals surface area contributed by atoms with E-state index in [4.69, 9.17) is 9.47 Å². The minimum absolute atomic E-state index is 0.124. The van der Waals surface area contributed by atoms with Crippen molar-refractivity contribution in [2.24, 2.45) is 0 Å². The summed E-state index contributed by atoms with van der Waals surface area (Å²) < 4.78 is 10.4. The summed E-state index contributed by atoms with van der Waals surface area (Å²) in [6.45, 7) is 10.0. The maximum absolute atomic E-state index is 12.3. The molecule has 0 fully saturated rings. The van der Waals surface area contributed by atoms with Gasteiger partial charge in [-0.05, 0) is 76.1 Å². The van der Waals surface area contributed by atoms with E-state index in [0.29, 0.717) is 6.61 Å². The van der Waals surface area contributed by atoms with Crippen molar-refractivity contribution in [3.05, 3.63) is 54.7 Å². The van der Waals surface area contributed by atoms with Gasteiger partial charge < -0.3 is 9.47 Å². The third kappa shape index (κ3) is 5.10. The molecule has 0 aliphatic heterocycles. The van der Waals surface area contributed by atoms with E-state index >= 15 is 0 Å². The molecule has 1 aromatic heterocycles. The zero-order valence-electron chi connectivity index (χ0n) is 17.6. The number of ether oxygens (including phenoxy) is 2. The van der Waals surface area contributed by atoms with Crippen LogP contribution in [0, 0.1) is 0 Å². The fourth-order valence-electron chi connectivity index (χ4n) is 3.03. The molecule has 29 heavy (non-hydrogen) atoms. The highest BCUT2D eigenvalue weighted by Gasteiger charge is 2.31. The maximum atomic E-state index is 12.3. The third-order valence-electron chi connectivity index (χ3n) is 4.37. The second-order valence-corrected chi connectivity index (χ2v) is 9.23. The molecule has 2 aromatic carbocycles. The molecule has 5 heteroatoms. The predicted octanol–water partition coefficient (Wildman–Crippen LogP) is 6.12. The summed E-state index contributed by atoms with van der Waals surface area (Å²) in [5.74, 6) is 0.631. The van der Waals surface area contributed by atoms with Crippen molar-refractivity contribution in [2.75, 3.05) is 6.61 Å². The van der Waals surface area contributed by atoms with E-state index in [9.17, 15) is 4.79 Å². The van der Waals surface area contributed by atoms with Gasteiger partial charge in [-0.15, -0.1) is 11.8 Å². The number of hydrogen-bond donors (Lipinski definition) is 0. The topological polar surface area (TPSA) is 48.4 Å². The molecule has 0 atom stereocenters. The van der Waals surface area contributed by atoms with Crippen molar-refractivity contribution in [3.63, 3.8) is 0 Å². The minimum atomic E-state index is -0.689. The fourth-order valence-corrected chi connectivity index (χ4v) is 4.13. The molecule has 0 aliphatic carbocycles. The number of carbonyl (C=O) groups is 1. The number of carbonyl (C=O) groups excluding carboxylic acids is 1. The highest BCUT2D eigenvalue weighted by atomic mass is 32.2. The van der Waals surface area contributed by atoms with Gasteiger partial charge in [0.25, 0.3) is 0 Å². The van der Waals surface area contributed by atoms with Gasteiger partial charge in [0, 0.05) is 16.5 Å². The van der Waals surface area contributed by atoms with Crippen molar-refractivity contribution in [1.29, 1.82) is 0 Å². The molecule has 1 heterocycles.